The Morgan fingerprint density at radius 1 is 0.617 bits per heavy atom. The number of hydrogen-bond donors (Lipinski definition) is 0. The number of amides is 3. The fourth-order valence-electron chi connectivity index (χ4n) is 9.02. The normalized spacial score (nSPS) is 18.9. The van der Waals surface area contributed by atoms with Crippen molar-refractivity contribution in [2.45, 2.75) is 82.2 Å². The standard InChI is InChI=1S/C50H49N5O3S2/c56-46(30-34-12-4-1-5-13-34)54-28-10-18-42(54)48-52-32-44(59-48)38-24-20-35(21-25-38)36-22-26-39(27-23-36)45-33-53-49(60-45)43-19-11-29-55(43)50(58)41(37-14-6-2-7-15-37)31-51-47(57)40-16-8-3-9-17-40/h1-2,4-7,12-15,20-27,31-33,40-43H,3,8-11,16-19,28-30H2/b51-31+/t41?,42-,43-/m0/s1. The molecule has 6 aromatic rings. The highest BCUT2D eigenvalue weighted by Gasteiger charge is 2.36. The number of likely N-dealkylation sites (tertiary alicyclic amines) is 2. The summed E-state index contributed by atoms with van der Waals surface area (Å²) in [6, 6.07) is 36.8. The summed E-state index contributed by atoms with van der Waals surface area (Å²) in [5.41, 5.74) is 6.35. The van der Waals surface area contributed by atoms with Crippen molar-refractivity contribution in [2.24, 2.45) is 10.9 Å². The Morgan fingerprint density at radius 3 is 1.72 bits per heavy atom. The summed E-state index contributed by atoms with van der Waals surface area (Å²) in [6.07, 6.45) is 14.7. The van der Waals surface area contributed by atoms with E-state index in [1.807, 2.05) is 82.9 Å². The third-order valence-electron chi connectivity index (χ3n) is 12.3. The number of aromatic nitrogens is 2. The average molecular weight is 832 g/mol. The first kappa shape index (κ1) is 39.9. The van der Waals surface area contributed by atoms with E-state index in [1.54, 1.807) is 28.9 Å². The first-order chi connectivity index (χ1) is 29.5. The van der Waals surface area contributed by atoms with Crippen LogP contribution in [-0.2, 0) is 20.8 Å². The van der Waals surface area contributed by atoms with Crippen LogP contribution in [0.3, 0.4) is 0 Å². The van der Waals surface area contributed by atoms with Crippen molar-refractivity contribution in [1.29, 1.82) is 0 Å². The van der Waals surface area contributed by atoms with Crippen LogP contribution < -0.4 is 0 Å². The van der Waals surface area contributed by atoms with Crippen molar-refractivity contribution in [3.8, 4) is 32.0 Å². The molecule has 3 fully saturated rings. The Kier molecular flexibility index (Phi) is 12.2. The number of aliphatic imine (C=N–C) groups is 1. The van der Waals surface area contributed by atoms with E-state index < -0.39 is 5.92 Å². The van der Waals surface area contributed by atoms with E-state index in [0.29, 0.717) is 13.0 Å². The summed E-state index contributed by atoms with van der Waals surface area (Å²) in [6.45, 7) is 1.43. The predicted octanol–water partition coefficient (Wildman–Crippen LogP) is 11.1. The highest BCUT2D eigenvalue weighted by atomic mass is 32.1. The molecule has 9 rings (SSSR count). The molecule has 60 heavy (non-hydrogen) atoms. The number of nitrogens with zero attached hydrogens (tertiary/aromatic N) is 5. The van der Waals surface area contributed by atoms with Crippen LogP contribution in [0.15, 0.2) is 127 Å². The van der Waals surface area contributed by atoms with E-state index in [-0.39, 0.29) is 35.7 Å². The van der Waals surface area contributed by atoms with Gasteiger partial charge in [-0.25, -0.2) is 15.0 Å². The number of rotatable bonds is 11. The molecule has 0 spiro atoms. The van der Waals surface area contributed by atoms with Crippen molar-refractivity contribution in [3.05, 3.63) is 143 Å². The minimum atomic E-state index is -0.620. The van der Waals surface area contributed by atoms with Crippen LogP contribution in [0.1, 0.15) is 96.9 Å². The summed E-state index contributed by atoms with van der Waals surface area (Å²) in [5.74, 6) is -0.617. The van der Waals surface area contributed by atoms with Crippen LogP contribution in [0.25, 0.3) is 32.0 Å². The van der Waals surface area contributed by atoms with Crippen LogP contribution >= 0.6 is 22.7 Å². The monoisotopic (exact) mass is 831 g/mol. The van der Waals surface area contributed by atoms with Gasteiger partial charge >= 0.3 is 0 Å². The van der Waals surface area contributed by atoms with Crippen molar-refractivity contribution < 1.29 is 14.4 Å². The Morgan fingerprint density at radius 2 is 1.13 bits per heavy atom. The molecule has 10 heteroatoms. The van der Waals surface area contributed by atoms with Crippen LogP contribution in [0.5, 0.6) is 0 Å². The molecular weight excluding hydrogens is 783 g/mol. The minimum absolute atomic E-state index is 0.0294. The quantitative estimate of drug-likeness (QED) is 0.121. The lowest BCUT2D eigenvalue weighted by Gasteiger charge is -2.26. The van der Waals surface area contributed by atoms with E-state index in [2.05, 4.69) is 53.5 Å². The molecule has 8 nitrogen and oxygen atoms in total. The maximum atomic E-state index is 14.3. The molecular formula is C50H49N5O3S2. The summed E-state index contributed by atoms with van der Waals surface area (Å²) in [5, 5.41) is 1.94. The lowest BCUT2D eigenvalue weighted by atomic mass is 9.89. The first-order valence-electron chi connectivity index (χ1n) is 21.4. The average Bonchev–Trinajstić information content (AvgIpc) is 4.15. The van der Waals surface area contributed by atoms with Crippen LogP contribution in [0, 0.1) is 5.92 Å². The Balaban J connectivity index is 0.850. The van der Waals surface area contributed by atoms with Crippen molar-refractivity contribution >= 4 is 46.6 Å². The number of hydrogen-bond acceptors (Lipinski definition) is 7. The fraction of sp³-hybridized carbons (Fsp3) is 0.320. The minimum Gasteiger partial charge on any atom is -0.333 e. The van der Waals surface area contributed by atoms with E-state index in [1.165, 1.54) is 6.42 Å². The van der Waals surface area contributed by atoms with Gasteiger partial charge in [0.1, 0.15) is 10.0 Å². The molecule has 4 aromatic carbocycles. The highest BCUT2D eigenvalue weighted by molar-refractivity contribution is 7.15. The molecule has 0 N–H and O–H groups in total. The van der Waals surface area contributed by atoms with Gasteiger partial charge in [0.2, 0.25) is 17.7 Å². The summed E-state index contributed by atoms with van der Waals surface area (Å²) >= 11 is 3.33. The van der Waals surface area contributed by atoms with Gasteiger partial charge in [-0.1, -0.05) is 128 Å². The second-order valence-electron chi connectivity index (χ2n) is 16.2. The molecule has 1 aliphatic carbocycles. The maximum absolute atomic E-state index is 14.3. The molecule has 2 aromatic heterocycles. The molecule has 2 saturated heterocycles. The predicted molar refractivity (Wildman–Crippen MR) is 241 cm³/mol. The lowest BCUT2D eigenvalue weighted by molar-refractivity contribution is -0.132. The van der Waals surface area contributed by atoms with Gasteiger partial charge in [0.05, 0.1) is 34.2 Å². The molecule has 1 saturated carbocycles. The lowest BCUT2D eigenvalue weighted by Crippen LogP contribution is -2.35. The van der Waals surface area contributed by atoms with E-state index >= 15 is 0 Å². The van der Waals surface area contributed by atoms with E-state index in [0.717, 1.165) is 111 Å². The zero-order valence-electron chi connectivity index (χ0n) is 33.7. The molecule has 0 radical (unpaired) electrons. The van der Waals surface area contributed by atoms with E-state index in [4.69, 9.17) is 9.97 Å². The Hall–Kier alpha value is -5.58. The molecule has 1 unspecified atom stereocenters. The Labute approximate surface area is 360 Å². The van der Waals surface area contributed by atoms with E-state index in [9.17, 15) is 14.4 Å². The van der Waals surface area contributed by atoms with Crippen LogP contribution in [0.4, 0.5) is 0 Å². The third-order valence-corrected chi connectivity index (χ3v) is 14.6. The molecule has 3 atom stereocenters. The largest absolute Gasteiger partial charge is 0.333 e. The second-order valence-corrected chi connectivity index (χ2v) is 18.3. The van der Waals surface area contributed by atoms with Gasteiger partial charge in [-0.15, -0.1) is 22.7 Å². The van der Waals surface area contributed by atoms with Gasteiger partial charge in [-0.2, -0.15) is 0 Å². The molecule has 0 bridgehead atoms. The van der Waals surface area contributed by atoms with Crippen molar-refractivity contribution in [2.75, 3.05) is 13.1 Å². The molecule has 2 aliphatic heterocycles. The third kappa shape index (κ3) is 8.81. The van der Waals surface area contributed by atoms with Gasteiger partial charge < -0.3 is 9.80 Å². The van der Waals surface area contributed by atoms with Gasteiger partial charge in [-0.3, -0.25) is 14.4 Å². The number of carbonyl (C=O) groups is 3. The summed E-state index contributed by atoms with van der Waals surface area (Å²) < 4.78 is 0. The SMILES string of the molecule is O=C(/N=C/C(C(=O)N1CCC[C@H]1c1ncc(-c2ccc(-c3ccc(-c4cnc([C@@H]5CCCN5C(=O)Cc5ccccc5)s4)cc3)cc2)s1)c1ccccc1)C1CCCCC1. The number of benzene rings is 4. The zero-order chi connectivity index (χ0) is 40.8. The number of thiazole rings is 2. The summed E-state index contributed by atoms with van der Waals surface area (Å²) in [4.78, 5) is 60.8. The second kappa shape index (κ2) is 18.4. The molecule has 4 heterocycles. The topological polar surface area (TPSA) is 95.8 Å². The van der Waals surface area contributed by atoms with Crippen LogP contribution in [0.2, 0.25) is 0 Å². The summed E-state index contributed by atoms with van der Waals surface area (Å²) in [7, 11) is 0. The van der Waals surface area contributed by atoms with Crippen molar-refractivity contribution in [3.63, 3.8) is 0 Å². The molecule has 3 amide bonds. The highest BCUT2D eigenvalue weighted by Crippen LogP contribution is 2.41. The van der Waals surface area contributed by atoms with Crippen molar-refractivity contribution in [1.82, 2.24) is 19.8 Å². The maximum Gasteiger partial charge on any atom is 0.248 e. The zero-order valence-corrected chi connectivity index (χ0v) is 35.3. The number of carbonyl (C=O) groups excluding carboxylic acids is 3. The first-order valence-corrected chi connectivity index (χ1v) is 23.0. The van der Waals surface area contributed by atoms with Gasteiger partial charge in [0, 0.05) is 37.6 Å². The molecule has 3 aliphatic rings. The van der Waals surface area contributed by atoms with Gasteiger partial charge in [-0.05, 0) is 71.9 Å². The van der Waals surface area contributed by atoms with Gasteiger partial charge in [0.15, 0.2) is 0 Å². The Bertz CT molecular complexity index is 2440. The fourth-order valence-corrected chi connectivity index (χ4v) is 11.2. The van der Waals surface area contributed by atoms with Crippen LogP contribution in [-0.4, -0.2) is 56.8 Å². The van der Waals surface area contributed by atoms with Gasteiger partial charge in [0.25, 0.3) is 0 Å². The molecule has 304 valence electrons. The smallest absolute Gasteiger partial charge is 0.248 e.